The number of aromatic nitrogens is 5. The van der Waals surface area contributed by atoms with Gasteiger partial charge in [0.15, 0.2) is 0 Å². The number of rotatable bonds is 9. The summed E-state index contributed by atoms with van der Waals surface area (Å²) in [5.41, 5.74) is 7.16. The fourth-order valence-electron chi connectivity index (χ4n) is 6.80. The molecule has 4 heterocycles. The molecular formula is C47H45N5OPt-2. The van der Waals surface area contributed by atoms with Crippen molar-refractivity contribution in [2.24, 2.45) is 11.8 Å². The predicted molar refractivity (Wildman–Crippen MR) is 214 cm³/mol. The van der Waals surface area contributed by atoms with Gasteiger partial charge >= 0.3 is 0 Å². The molecule has 4 aromatic heterocycles. The van der Waals surface area contributed by atoms with Gasteiger partial charge in [0.1, 0.15) is 5.82 Å². The van der Waals surface area contributed by atoms with Gasteiger partial charge in [-0.15, -0.1) is 23.6 Å². The van der Waals surface area contributed by atoms with Gasteiger partial charge < -0.3 is 18.9 Å². The van der Waals surface area contributed by atoms with Gasteiger partial charge in [0, 0.05) is 49.8 Å². The summed E-state index contributed by atoms with van der Waals surface area (Å²) in [6.07, 6.45) is 5.42. The largest absolute Gasteiger partial charge is 0.508 e. The number of hydrogen-bond acceptors (Lipinski definition) is 3. The number of fused-ring (bicyclic) bond motifs is 4. The van der Waals surface area contributed by atoms with Crippen molar-refractivity contribution in [3.63, 3.8) is 0 Å². The first-order chi connectivity index (χ1) is 27.0. The van der Waals surface area contributed by atoms with Gasteiger partial charge in [-0.25, -0.2) is 4.98 Å². The minimum Gasteiger partial charge on any atom is -0.508 e. The summed E-state index contributed by atoms with van der Waals surface area (Å²) in [5.74, 6) is 1.01. The maximum atomic E-state index is 8.81. The molecule has 0 unspecified atom stereocenters. The molecule has 54 heavy (non-hydrogen) atoms. The first-order valence-corrected chi connectivity index (χ1v) is 18.1. The minimum atomic E-state index is -1.54. The molecule has 0 saturated carbocycles. The summed E-state index contributed by atoms with van der Waals surface area (Å²) in [4.78, 5) is 9.28. The van der Waals surface area contributed by atoms with Crippen LogP contribution in [0.4, 0.5) is 0 Å². The maximum Gasteiger partial charge on any atom is 0.268 e. The standard InChI is InChI=1S/C47H45N5O.Pt/c1-31(2)21-33-11-10-12-36(23-33)50-30-51(44-14-9-8-13-43(44)50)37-26-39(29-48-28-37)53-38-16-17-40-41-25-35(47(5,6)7)15-18-42(41)52(45(40)27-38)46-24-34(19-20-49-46)22-32(3)4;/h8-20,23-25,28-29,31-32H,21-22H2,1-7H3;/q-2;/i21D2,22D2;. The number of ether oxygens (including phenoxy) is 1. The maximum absolute atomic E-state index is 8.81. The van der Waals surface area contributed by atoms with E-state index in [1.807, 2.05) is 108 Å². The van der Waals surface area contributed by atoms with Crippen LogP contribution in [0, 0.1) is 30.3 Å². The van der Waals surface area contributed by atoms with E-state index in [0.717, 1.165) is 38.5 Å². The molecule has 4 aromatic carbocycles. The van der Waals surface area contributed by atoms with Crippen LogP contribution in [0.2, 0.25) is 0 Å². The smallest absolute Gasteiger partial charge is 0.268 e. The Kier molecular flexibility index (Phi) is 8.99. The Morgan fingerprint density at radius 2 is 1.56 bits per heavy atom. The third kappa shape index (κ3) is 7.37. The summed E-state index contributed by atoms with van der Waals surface area (Å²) in [5, 5.41) is 2.02. The Bertz CT molecular complexity index is 2800. The topological polar surface area (TPSA) is 48.8 Å². The molecule has 8 rings (SSSR count). The molecule has 0 spiro atoms. The molecule has 0 saturated heterocycles. The van der Waals surface area contributed by atoms with Crippen LogP contribution in [0.5, 0.6) is 11.5 Å². The fraction of sp³-hybridized carbons (Fsp3) is 0.255. The summed E-state index contributed by atoms with van der Waals surface area (Å²) in [6, 6.07) is 36.4. The Morgan fingerprint density at radius 3 is 2.33 bits per heavy atom. The third-order valence-corrected chi connectivity index (χ3v) is 9.17. The summed E-state index contributed by atoms with van der Waals surface area (Å²) in [6.45, 7) is 14.1. The molecule has 0 aliphatic carbocycles. The number of nitrogens with zero attached hydrogens (tertiary/aromatic N) is 5. The monoisotopic (exact) mass is 894 g/mol. The van der Waals surface area contributed by atoms with Gasteiger partial charge in [0.25, 0.3) is 6.33 Å². The zero-order valence-corrected chi connectivity index (χ0v) is 33.8. The van der Waals surface area contributed by atoms with Gasteiger partial charge in [-0.1, -0.05) is 114 Å². The van der Waals surface area contributed by atoms with Crippen molar-refractivity contribution in [1.82, 2.24) is 19.1 Å². The first-order valence-electron chi connectivity index (χ1n) is 20.1. The van der Waals surface area contributed by atoms with E-state index in [1.165, 1.54) is 5.56 Å². The summed E-state index contributed by atoms with van der Waals surface area (Å²) >= 11 is 0. The molecule has 0 aliphatic rings. The average molecular weight is 895 g/mol. The normalized spacial score (nSPS) is 13.6. The van der Waals surface area contributed by atoms with Crippen molar-refractivity contribution < 1.29 is 35.9 Å². The van der Waals surface area contributed by atoms with Crippen molar-refractivity contribution >= 4 is 32.8 Å². The molecule has 0 aliphatic heterocycles. The van der Waals surface area contributed by atoms with Crippen LogP contribution in [-0.4, -0.2) is 19.1 Å². The molecule has 8 aromatic rings. The van der Waals surface area contributed by atoms with Crippen LogP contribution in [0.1, 0.15) is 70.6 Å². The minimum absolute atomic E-state index is 0. The van der Waals surface area contributed by atoms with Gasteiger partial charge in [0.2, 0.25) is 0 Å². The zero-order chi connectivity index (χ0) is 40.4. The Hall–Kier alpha value is -5.06. The quantitative estimate of drug-likeness (QED) is 0.107. The van der Waals surface area contributed by atoms with Crippen LogP contribution in [0.3, 0.4) is 0 Å². The summed E-state index contributed by atoms with van der Waals surface area (Å²) < 4.78 is 47.3. The molecule has 6 nitrogen and oxygen atoms in total. The molecule has 276 valence electrons. The van der Waals surface area contributed by atoms with Crippen molar-refractivity contribution in [1.29, 1.82) is 0 Å². The molecule has 0 N–H and O–H groups in total. The zero-order valence-electron chi connectivity index (χ0n) is 35.5. The SMILES string of the molecule is [2H]C([2H])(c1cccc(-[n+]2[c-]n(-c3[c-]c(Oc4[c-]c5c(cc4)c4cc(C(C)(C)C)ccc4n5-c4cc(C([2H])([2H])C(C)C)ccn4)cnc3)c3ccccc32)c1)C(C)C.[Pt]. The van der Waals surface area contributed by atoms with Gasteiger partial charge in [-0.05, 0) is 88.7 Å². The average Bonchev–Trinajstić information content (AvgIpc) is 3.73. The van der Waals surface area contributed by atoms with Gasteiger partial charge in [-0.2, -0.15) is 6.07 Å². The second-order valence-corrected chi connectivity index (χ2v) is 15.1. The Labute approximate surface area is 338 Å². The molecule has 0 bridgehead atoms. The van der Waals surface area contributed by atoms with Gasteiger partial charge in [-0.3, -0.25) is 4.57 Å². The van der Waals surface area contributed by atoms with E-state index in [2.05, 4.69) is 62.4 Å². The van der Waals surface area contributed by atoms with Crippen molar-refractivity contribution in [2.75, 3.05) is 0 Å². The van der Waals surface area contributed by atoms with E-state index < -0.39 is 12.7 Å². The van der Waals surface area contributed by atoms with Crippen LogP contribution in [-0.2, 0) is 39.2 Å². The number of pyridine rings is 2. The number of para-hydroxylation sites is 2. The molecular weight excluding hydrogens is 846 g/mol. The number of benzene rings is 4. The van der Waals surface area contributed by atoms with Crippen LogP contribution in [0.15, 0.2) is 110 Å². The molecule has 0 amide bonds. The van der Waals surface area contributed by atoms with Crippen molar-refractivity contribution in [2.45, 2.75) is 66.6 Å². The van der Waals surface area contributed by atoms with Gasteiger partial charge in [0.05, 0.1) is 16.7 Å². The Morgan fingerprint density at radius 1 is 0.778 bits per heavy atom. The van der Waals surface area contributed by atoms with E-state index >= 15 is 0 Å². The Balaban J connectivity index is 0.00000512. The summed E-state index contributed by atoms with van der Waals surface area (Å²) in [7, 11) is 0. The van der Waals surface area contributed by atoms with E-state index in [-0.39, 0.29) is 38.3 Å². The number of hydrogen-bond donors (Lipinski definition) is 0. The van der Waals surface area contributed by atoms with Crippen LogP contribution >= 0.6 is 0 Å². The van der Waals surface area contributed by atoms with E-state index in [1.54, 1.807) is 24.7 Å². The molecule has 0 fully saturated rings. The predicted octanol–water partition coefficient (Wildman–Crippen LogP) is 10.7. The second kappa shape index (κ2) is 15.0. The van der Waals surface area contributed by atoms with E-state index in [0.29, 0.717) is 34.1 Å². The number of imidazole rings is 1. The fourth-order valence-corrected chi connectivity index (χ4v) is 6.80. The first kappa shape index (κ1) is 32.4. The molecule has 7 heteroatoms. The third-order valence-electron chi connectivity index (χ3n) is 9.17. The van der Waals surface area contributed by atoms with Crippen LogP contribution < -0.4 is 9.30 Å². The molecule has 0 radical (unpaired) electrons. The van der Waals surface area contributed by atoms with E-state index in [4.69, 9.17) is 15.2 Å². The van der Waals surface area contributed by atoms with Crippen LogP contribution in [0.25, 0.3) is 50.0 Å². The van der Waals surface area contributed by atoms with Crippen molar-refractivity contribution in [3.05, 3.63) is 145 Å². The second-order valence-electron chi connectivity index (χ2n) is 15.1. The van der Waals surface area contributed by atoms with E-state index in [9.17, 15) is 0 Å². The molecule has 0 atom stereocenters. The van der Waals surface area contributed by atoms with Crippen molar-refractivity contribution in [3.8, 4) is 28.7 Å².